The molecule has 0 fully saturated rings. The summed E-state index contributed by atoms with van der Waals surface area (Å²) in [5.41, 5.74) is 1.31. The van der Waals surface area contributed by atoms with Gasteiger partial charge in [-0.2, -0.15) is 0 Å². The number of unbranched alkanes of at least 4 members (excludes halogenated alkanes) is 1. The van der Waals surface area contributed by atoms with Crippen molar-refractivity contribution in [3.63, 3.8) is 0 Å². The van der Waals surface area contributed by atoms with Gasteiger partial charge in [-0.25, -0.2) is 0 Å². The van der Waals surface area contributed by atoms with Gasteiger partial charge in [0.2, 0.25) is 23.6 Å². The molecule has 4 amide bonds. The lowest BCUT2D eigenvalue weighted by Crippen LogP contribution is -2.49. The second kappa shape index (κ2) is 13.2. The van der Waals surface area contributed by atoms with Gasteiger partial charge in [0.05, 0.1) is 13.0 Å². The molecule has 0 unspecified atom stereocenters. The Labute approximate surface area is 175 Å². The Kier molecular flexibility index (Phi) is 11.0. The number of amides is 4. The maximum Gasteiger partial charge on any atom is 0.249 e. The number of carbonyl (C=O) groups excluding carboxylic acids is 5. The van der Waals surface area contributed by atoms with Crippen LogP contribution in [-0.4, -0.2) is 47.2 Å². The van der Waals surface area contributed by atoms with Crippen molar-refractivity contribution in [3.05, 3.63) is 29.8 Å². The zero-order chi connectivity index (χ0) is 22.5. The maximum absolute atomic E-state index is 12.2. The normalized spacial score (nSPS) is 11.3. The van der Waals surface area contributed by atoms with E-state index in [0.29, 0.717) is 31.4 Å². The van der Waals surface area contributed by atoms with Crippen LogP contribution in [-0.2, 0) is 30.4 Å². The van der Waals surface area contributed by atoms with Gasteiger partial charge in [-0.3, -0.25) is 24.5 Å². The molecule has 0 heterocycles. The third-order valence-corrected chi connectivity index (χ3v) is 4.16. The molecule has 0 radical (unpaired) electrons. The van der Waals surface area contributed by atoms with Crippen LogP contribution in [0.4, 0.5) is 5.69 Å². The van der Waals surface area contributed by atoms with Gasteiger partial charge in [-0.05, 0) is 37.5 Å². The Bertz CT molecular complexity index is 761. The van der Waals surface area contributed by atoms with E-state index >= 15 is 0 Å². The molecule has 4 N–H and O–H groups in total. The molecule has 0 aliphatic heterocycles. The Balaban J connectivity index is 2.62. The summed E-state index contributed by atoms with van der Waals surface area (Å²) in [6.07, 6.45) is 2.04. The summed E-state index contributed by atoms with van der Waals surface area (Å²) in [6.45, 7) is 2.41. The molecule has 1 aromatic rings. The van der Waals surface area contributed by atoms with Gasteiger partial charge in [-0.15, -0.1) is 0 Å². The van der Waals surface area contributed by atoms with Gasteiger partial charge in [0, 0.05) is 31.9 Å². The van der Waals surface area contributed by atoms with Crippen molar-refractivity contribution in [1.82, 2.24) is 10.6 Å². The zero-order valence-electron chi connectivity index (χ0n) is 17.3. The van der Waals surface area contributed by atoms with Crippen molar-refractivity contribution in [1.29, 1.82) is 0 Å². The summed E-state index contributed by atoms with van der Waals surface area (Å²) in [5.74, 6) is -1.75. The number of imide groups is 1. The fraction of sp³-hybridized carbons (Fsp3) is 0.476. The van der Waals surface area contributed by atoms with E-state index in [1.807, 2.05) is 0 Å². The highest BCUT2D eigenvalue weighted by atomic mass is 16.3. The van der Waals surface area contributed by atoms with Crippen LogP contribution in [0.3, 0.4) is 0 Å². The minimum Gasteiger partial charge on any atom is -0.396 e. The van der Waals surface area contributed by atoms with E-state index in [2.05, 4.69) is 16.0 Å². The summed E-state index contributed by atoms with van der Waals surface area (Å²) in [6, 6.07) is 5.84. The lowest BCUT2D eigenvalue weighted by Gasteiger charge is -2.17. The van der Waals surface area contributed by atoms with Crippen LogP contribution in [0.25, 0.3) is 0 Å². The van der Waals surface area contributed by atoms with Crippen LogP contribution >= 0.6 is 0 Å². The first-order valence-corrected chi connectivity index (χ1v) is 9.81. The number of aliphatic hydroxyl groups excluding tert-OH is 1. The number of rotatable bonds is 12. The highest BCUT2D eigenvalue weighted by Crippen LogP contribution is 2.13. The Morgan fingerprint density at radius 3 is 2.10 bits per heavy atom. The van der Waals surface area contributed by atoms with Crippen molar-refractivity contribution in [2.75, 3.05) is 11.9 Å². The molecular formula is C21H29N3O6. The molecule has 0 aliphatic carbocycles. The molecule has 0 bridgehead atoms. The molecule has 1 rings (SSSR count). The monoisotopic (exact) mass is 419 g/mol. The molecule has 0 aliphatic rings. The number of benzene rings is 1. The summed E-state index contributed by atoms with van der Waals surface area (Å²) in [4.78, 5) is 58.0. The third-order valence-electron chi connectivity index (χ3n) is 4.16. The van der Waals surface area contributed by atoms with E-state index in [0.717, 1.165) is 5.56 Å². The maximum atomic E-state index is 12.2. The van der Waals surface area contributed by atoms with E-state index in [9.17, 15) is 24.0 Å². The SMILES string of the molecule is CC(=O)CCCCC(=O)Nc1ccc(C[C@@H](NC(C)=O)C(=O)NC(=O)CCO)cc1. The van der Waals surface area contributed by atoms with Crippen LogP contribution in [0.5, 0.6) is 0 Å². The molecule has 0 spiro atoms. The first-order chi connectivity index (χ1) is 14.2. The van der Waals surface area contributed by atoms with Gasteiger partial charge in [0.25, 0.3) is 0 Å². The van der Waals surface area contributed by atoms with Crippen molar-refractivity contribution in [2.24, 2.45) is 0 Å². The minimum atomic E-state index is -0.952. The average molecular weight is 419 g/mol. The van der Waals surface area contributed by atoms with E-state index in [1.54, 1.807) is 24.3 Å². The van der Waals surface area contributed by atoms with Gasteiger partial charge in [0.1, 0.15) is 11.8 Å². The highest BCUT2D eigenvalue weighted by Gasteiger charge is 2.21. The van der Waals surface area contributed by atoms with Crippen molar-refractivity contribution >= 4 is 35.1 Å². The van der Waals surface area contributed by atoms with E-state index in [-0.39, 0.29) is 31.1 Å². The van der Waals surface area contributed by atoms with Crippen LogP contribution in [0.1, 0.15) is 51.5 Å². The number of carbonyl (C=O) groups is 5. The van der Waals surface area contributed by atoms with E-state index in [4.69, 9.17) is 5.11 Å². The standard InChI is InChI=1S/C21H29N3O6/c1-14(26)5-3-4-6-19(28)23-17-9-7-16(8-10-17)13-18(22-15(2)27)21(30)24-20(29)11-12-25/h7-10,18,25H,3-6,11-13H2,1-2H3,(H,22,27)(H,23,28)(H,24,29,30)/t18-/m1/s1. The predicted octanol–water partition coefficient (Wildman–Crippen LogP) is 0.847. The predicted molar refractivity (Wildman–Crippen MR) is 110 cm³/mol. The first kappa shape index (κ1) is 25.0. The molecule has 1 aromatic carbocycles. The second-order valence-corrected chi connectivity index (χ2v) is 7.00. The lowest BCUT2D eigenvalue weighted by molar-refractivity contribution is -0.134. The highest BCUT2D eigenvalue weighted by molar-refractivity contribution is 5.99. The largest absolute Gasteiger partial charge is 0.396 e. The van der Waals surface area contributed by atoms with Gasteiger partial charge in [-0.1, -0.05) is 12.1 Å². The van der Waals surface area contributed by atoms with Crippen LogP contribution in [0, 0.1) is 0 Å². The Morgan fingerprint density at radius 2 is 1.53 bits per heavy atom. The molecule has 1 atom stereocenters. The molecule has 9 nitrogen and oxygen atoms in total. The number of hydrogen-bond donors (Lipinski definition) is 4. The number of ketones is 1. The molecule has 9 heteroatoms. The summed E-state index contributed by atoms with van der Waals surface area (Å²) < 4.78 is 0. The summed E-state index contributed by atoms with van der Waals surface area (Å²) >= 11 is 0. The number of Topliss-reactive ketones (excluding diaryl/α,β-unsaturated/α-hetero) is 1. The molecule has 0 saturated carbocycles. The molecule has 164 valence electrons. The Hall–Kier alpha value is -3.07. The first-order valence-electron chi connectivity index (χ1n) is 9.81. The van der Waals surface area contributed by atoms with Gasteiger partial charge >= 0.3 is 0 Å². The lowest BCUT2D eigenvalue weighted by atomic mass is 10.0. The van der Waals surface area contributed by atoms with Crippen LogP contribution < -0.4 is 16.0 Å². The number of aliphatic hydroxyl groups is 1. The molecular weight excluding hydrogens is 390 g/mol. The van der Waals surface area contributed by atoms with Gasteiger partial charge in [0.15, 0.2) is 0 Å². The Morgan fingerprint density at radius 1 is 0.900 bits per heavy atom. The zero-order valence-corrected chi connectivity index (χ0v) is 17.3. The van der Waals surface area contributed by atoms with E-state index < -0.39 is 23.8 Å². The average Bonchev–Trinajstić information content (AvgIpc) is 2.66. The fourth-order valence-electron chi connectivity index (χ4n) is 2.69. The van der Waals surface area contributed by atoms with Crippen molar-refractivity contribution in [2.45, 2.75) is 58.4 Å². The second-order valence-electron chi connectivity index (χ2n) is 7.00. The summed E-state index contributed by atoms with van der Waals surface area (Å²) in [7, 11) is 0. The third kappa shape index (κ3) is 10.5. The fourth-order valence-corrected chi connectivity index (χ4v) is 2.69. The minimum absolute atomic E-state index is 0.106. The van der Waals surface area contributed by atoms with Gasteiger partial charge < -0.3 is 20.5 Å². The molecule has 0 saturated heterocycles. The molecule has 0 aromatic heterocycles. The van der Waals surface area contributed by atoms with Crippen molar-refractivity contribution < 1.29 is 29.1 Å². The van der Waals surface area contributed by atoms with Crippen molar-refractivity contribution in [3.8, 4) is 0 Å². The number of hydrogen-bond acceptors (Lipinski definition) is 6. The van der Waals surface area contributed by atoms with Crippen LogP contribution in [0.15, 0.2) is 24.3 Å². The number of nitrogens with one attached hydrogen (secondary N) is 3. The van der Waals surface area contributed by atoms with E-state index in [1.165, 1.54) is 13.8 Å². The van der Waals surface area contributed by atoms with Crippen LogP contribution in [0.2, 0.25) is 0 Å². The quantitative estimate of drug-likeness (QED) is 0.370. The number of anilines is 1. The smallest absolute Gasteiger partial charge is 0.249 e. The molecule has 30 heavy (non-hydrogen) atoms. The summed E-state index contributed by atoms with van der Waals surface area (Å²) in [5, 5.41) is 16.2. The topological polar surface area (TPSA) is 142 Å².